The highest BCUT2D eigenvalue weighted by atomic mass is 32.2. The molecule has 0 radical (unpaired) electrons. The number of aliphatic imine (C=N–C) groups is 1. The van der Waals surface area contributed by atoms with E-state index in [4.69, 9.17) is 4.74 Å². The Morgan fingerprint density at radius 2 is 2.09 bits per heavy atom. The largest absolute Gasteiger partial charge is 0.494 e. The zero-order valence-electron chi connectivity index (χ0n) is 12.3. The van der Waals surface area contributed by atoms with E-state index in [1.807, 2.05) is 0 Å². The number of aromatic nitrogens is 1. The second-order valence-corrected chi connectivity index (χ2v) is 5.22. The standard InChI is InChI=1S/C15H13F3N2O2S/c1-22-11-5-3-10(14(23-2)19-7-8-21)9-4-6-12(15(16,17)18)20-13(9)11/h3-6,8H,7H2,1-2H3. The van der Waals surface area contributed by atoms with Crippen LogP contribution < -0.4 is 4.74 Å². The molecule has 0 atom stereocenters. The molecule has 2 rings (SSSR count). The lowest BCUT2D eigenvalue weighted by molar-refractivity contribution is -0.141. The number of pyridine rings is 1. The number of thioether (sulfide) groups is 1. The number of benzene rings is 1. The van der Waals surface area contributed by atoms with E-state index in [-0.39, 0.29) is 17.8 Å². The van der Waals surface area contributed by atoms with Crippen LogP contribution in [-0.2, 0) is 11.0 Å². The van der Waals surface area contributed by atoms with E-state index < -0.39 is 11.9 Å². The van der Waals surface area contributed by atoms with Gasteiger partial charge in [0.15, 0.2) is 0 Å². The number of nitrogens with zero attached hydrogens (tertiary/aromatic N) is 2. The molecule has 8 heteroatoms. The van der Waals surface area contributed by atoms with Gasteiger partial charge in [-0.2, -0.15) is 13.2 Å². The molecule has 1 aromatic carbocycles. The summed E-state index contributed by atoms with van der Waals surface area (Å²) in [6, 6.07) is 5.49. The van der Waals surface area contributed by atoms with Crippen molar-refractivity contribution in [2.24, 2.45) is 4.99 Å². The van der Waals surface area contributed by atoms with Crippen LogP contribution in [0.2, 0.25) is 0 Å². The van der Waals surface area contributed by atoms with Crippen molar-refractivity contribution in [2.75, 3.05) is 19.9 Å². The van der Waals surface area contributed by atoms with Crippen LogP contribution in [0, 0.1) is 0 Å². The van der Waals surface area contributed by atoms with E-state index in [9.17, 15) is 18.0 Å². The summed E-state index contributed by atoms with van der Waals surface area (Å²) in [6.45, 7) is -0.0161. The normalized spacial score (nSPS) is 12.5. The van der Waals surface area contributed by atoms with Gasteiger partial charge in [0.2, 0.25) is 0 Å². The van der Waals surface area contributed by atoms with E-state index in [1.54, 1.807) is 12.3 Å². The lowest BCUT2D eigenvalue weighted by atomic mass is 10.1. The van der Waals surface area contributed by atoms with Crippen molar-refractivity contribution in [2.45, 2.75) is 6.18 Å². The van der Waals surface area contributed by atoms with Crippen LogP contribution in [0.15, 0.2) is 29.3 Å². The summed E-state index contributed by atoms with van der Waals surface area (Å²) in [5.74, 6) is 0.241. The van der Waals surface area contributed by atoms with Crippen LogP contribution in [0.5, 0.6) is 5.75 Å². The van der Waals surface area contributed by atoms with E-state index >= 15 is 0 Å². The molecule has 0 unspecified atom stereocenters. The smallest absolute Gasteiger partial charge is 0.433 e. The number of carbonyl (C=O) groups is 1. The van der Waals surface area contributed by atoms with Crippen molar-refractivity contribution >= 4 is 34.0 Å². The first-order valence-corrected chi connectivity index (χ1v) is 7.72. The fraction of sp³-hybridized carbons (Fsp3) is 0.267. The number of methoxy groups -OCH3 is 1. The van der Waals surface area contributed by atoms with E-state index in [2.05, 4.69) is 9.98 Å². The molecule has 0 saturated carbocycles. The van der Waals surface area contributed by atoms with Gasteiger partial charge in [-0.1, -0.05) is 0 Å². The number of ether oxygens (including phenoxy) is 1. The van der Waals surface area contributed by atoms with Crippen molar-refractivity contribution in [3.8, 4) is 5.75 Å². The summed E-state index contributed by atoms with van der Waals surface area (Å²) in [6.07, 6.45) is -2.11. The maximum Gasteiger partial charge on any atom is 0.433 e. The van der Waals surface area contributed by atoms with Crippen LogP contribution in [-0.4, -0.2) is 36.2 Å². The van der Waals surface area contributed by atoms with Gasteiger partial charge in [-0.3, -0.25) is 4.99 Å². The van der Waals surface area contributed by atoms with Crippen LogP contribution in [0.4, 0.5) is 13.2 Å². The molecule has 0 bridgehead atoms. The van der Waals surface area contributed by atoms with Crippen molar-refractivity contribution in [3.05, 3.63) is 35.5 Å². The quantitative estimate of drug-likeness (QED) is 0.484. The van der Waals surface area contributed by atoms with Crippen molar-refractivity contribution < 1.29 is 22.7 Å². The highest BCUT2D eigenvalue weighted by Crippen LogP contribution is 2.34. The summed E-state index contributed by atoms with van der Waals surface area (Å²) in [5, 5.41) is 1.03. The molecule has 2 aromatic rings. The maximum atomic E-state index is 12.9. The van der Waals surface area contributed by atoms with Gasteiger partial charge in [-0.15, -0.1) is 11.8 Å². The SMILES string of the molecule is COc1ccc(C(=NCC=O)SC)c2ccc(C(F)(F)F)nc12. The number of halogens is 3. The first kappa shape index (κ1) is 17.3. The zero-order valence-corrected chi connectivity index (χ0v) is 13.2. The Balaban J connectivity index is 2.72. The first-order chi connectivity index (χ1) is 10.9. The highest BCUT2D eigenvalue weighted by Gasteiger charge is 2.33. The molecule has 0 spiro atoms. The van der Waals surface area contributed by atoms with Gasteiger partial charge < -0.3 is 9.53 Å². The number of hydrogen-bond donors (Lipinski definition) is 0. The fourth-order valence-corrected chi connectivity index (χ4v) is 2.68. The van der Waals surface area contributed by atoms with Crippen LogP contribution in [0.1, 0.15) is 11.3 Å². The van der Waals surface area contributed by atoms with Crippen LogP contribution in [0.3, 0.4) is 0 Å². The third-order valence-electron chi connectivity index (χ3n) is 3.06. The van der Waals surface area contributed by atoms with Gasteiger partial charge >= 0.3 is 6.18 Å². The predicted octanol–water partition coefficient (Wildman–Crippen LogP) is 3.57. The Bertz CT molecular complexity index is 760. The molecule has 0 aliphatic carbocycles. The van der Waals surface area contributed by atoms with E-state index in [0.717, 1.165) is 6.07 Å². The predicted molar refractivity (Wildman–Crippen MR) is 84.3 cm³/mol. The maximum absolute atomic E-state index is 12.9. The Labute approximate surface area is 134 Å². The minimum Gasteiger partial charge on any atom is -0.494 e. The van der Waals surface area contributed by atoms with Crippen molar-refractivity contribution in [3.63, 3.8) is 0 Å². The molecule has 122 valence electrons. The molecule has 0 aliphatic rings. The third kappa shape index (κ3) is 3.64. The molecular formula is C15H13F3N2O2S. The molecule has 0 amide bonds. The van der Waals surface area contributed by atoms with Gasteiger partial charge in [0.05, 0.1) is 18.7 Å². The topological polar surface area (TPSA) is 51.5 Å². The summed E-state index contributed by atoms with van der Waals surface area (Å²) < 4.78 is 43.7. The Kier molecular flexibility index (Phi) is 5.25. The molecule has 23 heavy (non-hydrogen) atoms. The Morgan fingerprint density at radius 3 is 2.65 bits per heavy atom. The monoisotopic (exact) mass is 342 g/mol. The summed E-state index contributed by atoms with van der Waals surface area (Å²) >= 11 is 1.30. The number of hydrogen-bond acceptors (Lipinski definition) is 5. The lowest BCUT2D eigenvalue weighted by Gasteiger charge is -2.13. The zero-order chi connectivity index (χ0) is 17.0. The minimum atomic E-state index is -4.54. The fourth-order valence-electron chi connectivity index (χ4n) is 2.08. The Hall–Kier alpha value is -2.09. The average Bonchev–Trinajstić information content (AvgIpc) is 2.54. The average molecular weight is 342 g/mol. The molecule has 0 aliphatic heterocycles. The molecule has 1 heterocycles. The summed E-state index contributed by atoms with van der Waals surface area (Å²) in [4.78, 5) is 18.3. The molecule has 0 fully saturated rings. The number of alkyl halides is 3. The number of aldehydes is 1. The lowest BCUT2D eigenvalue weighted by Crippen LogP contribution is -2.09. The minimum absolute atomic E-state index is 0.0161. The number of fused-ring (bicyclic) bond motifs is 1. The third-order valence-corrected chi connectivity index (χ3v) is 3.80. The van der Waals surface area contributed by atoms with E-state index in [0.29, 0.717) is 22.3 Å². The molecule has 0 N–H and O–H groups in total. The Morgan fingerprint density at radius 1 is 1.35 bits per heavy atom. The molecule has 0 saturated heterocycles. The second-order valence-electron chi connectivity index (χ2n) is 4.42. The van der Waals surface area contributed by atoms with E-state index in [1.165, 1.54) is 31.0 Å². The molecular weight excluding hydrogens is 329 g/mol. The highest BCUT2D eigenvalue weighted by molar-refractivity contribution is 8.13. The molecule has 4 nitrogen and oxygen atoms in total. The first-order valence-electron chi connectivity index (χ1n) is 6.49. The van der Waals surface area contributed by atoms with Crippen molar-refractivity contribution in [1.29, 1.82) is 0 Å². The second kappa shape index (κ2) is 6.99. The van der Waals surface area contributed by atoms with Gasteiger partial charge in [0, 0.05) is 10.9 Å². The van der Waals surface area contributed by atoms with Gasteiger partial charge in [0.1, 0.15) is 23.2 Å². The molecule has 1 aromatic heterocycles. The summed E-state index contributed by atoms with van der Waals surface area (Å²) in [7, 11) is 1.37. The van der Waals surface area contributed by atoms with Gasteiger partial charge in [-0.05, 0) is 30.5 Å². The van der Waals surface area contributed by atoms with Crippen LogP contribution >= 0.6 is 11.8 Å². The summed E-state index contributed by atoms with van der Waals surface area (Å²) in [5.41, 5.74) is -0.278. The van der Waals surface area contributed by atoms with Crippen molar-refractivity contribution in [1.82, 2.24) is 4.98 Å². The number of carbonyl (C=O) groups excluding carboxylic acids is 1. The van der Waals surface area contributed by atoms with Gasteiger partial charge in [-0.25, -0.2) is 4.98 Å². The van der Waals surface area contributed by atoms with Crippen LogP contribution in [0.25, 0.3) is 10.9 Å². The number of rotatable bonds is 4. The van der Waals surface area contributed by atoms with Gasteiger partial charge in [0.25, 0.3) is 0 Å².